The predicted molar refractivity (Wildman–Crippen MR) is 92.1 cm³/mol. The molecule has 1 aliphatic carbocycles. The van der Waals surface area contributed by atoms with Gasteiger partial charge in [-0.05, 0) is 66.7 Å². The quantitative estimate of drug-likeness (QED) is 0.853. The SMILES string of the molecule is CCCn1ncc(Br)c1C(NC)c1cc2c(s1)CCCC2. The lowest BCUT2D eigenvalue weighted by molar-refractivity contribution is 0.536. The number of aromatic nitrogens is 2. The zero-order valence-electron chi connectivity index (χ0n) is 12.7. The summed E-state index contributed by atoms with van der Waals surface area (Å²) in [5.74, 6) is 0. The van der Waals surface area contributed by atoms with Crippen molar-refractivity contribution in [3.63, 3.8) is 0 Å². The first-order chi connectivity index (χ1) is 10.2. The van der Waals surface area contributed by atoms with Gasteiger partial charge in [-0.2, -0.15) is 5.10 Å². The van der Waals surface area contributed by atoms with Gasteiger partial charge in [0.15, 0.2) is 0 Å². The van der Waals surface area contributed by atoms with Crippen molar-refractivity contribution in [3.05, 3.63) is 37.7 Å². The van der Waals surface area contributed by atoms with Crippen LogP contribution in [0.2, 0.25) is 0 Å². The van der Waals surface area contributed by atoms with Gasteiger partial charge in [-0.1, -0.05) is 6.92 Å². The first-order valence-corrected chi connectivity index (χ1v) is 9.35. The number of nitrogens with zero attached hydrogens (tertiary/aromatic N) is 2. The van der Waals surface area contributed by atoms with E-state index < -0.39 is 0 Å². The normalized spacial score (nSPS) is 16.0. The molecule has 0 aliphatic heterocycles. The van der Waals surface area contributed by atoms with Crippen LogP contribution in [-0.2, 0) is 19.4 Å². The van der Waals surface area contributed by atoms with Crippen LogP contribution in [0, 0.1) is 0 Å². The topological polar surface area (TPSA) is 29.9 Å². The van der Waals surface area contributed by atoms with Gasteiger partial charge in [0.2, 0.25) is 0 Å². The van der Waals surface area contributed by atoms with Gasteiger partial charge in [-0.3, -0.25) is 4.68 Å². The molecular weight excluding hydrogens is 346 g/mol. The minimum absolute atomic E-state index is 0.226. The summed E-state index contributed by atoms with van der Waals surface area (Å²) >= 11 is 5.66. The highest BCUT2D eigenvalue weighted by Crippen LogP contribution is 2.37. The number of hydrogen-bond acceptors (Lipinski definition) is 3. The molecule has 0 saturated carbocycles. The fourth-order valence-electron chi connectivity index (χ4n) is 3.12. The molecule has 0 radical (unpaired) electrons. The smallest absolute Gasteiger partial charge is 0.0851 e. The molecule has 2 aromatic rings. The summed E-state index contributed by atoms with van der Waals surface area (Å²) in [5, 5.41) is 8.01. The Bertz CT molecular complexity index is 594. The lowest BCUT2D eigenvalue weighted by atomic mass is 9.98. The number of thiophene rings is 1. The molecule has 114 valence electrons. The largest absolute Gasteiger partial charge is 0.307 e. The van der Waals surface area contributed by atoms with Crippen LogP contribution in [0.15, 0.2) is 16.7 Å². The highest BCUT2D eigenvalue weighted by atomic mass is 79.9. The summed E-state index contributed by atoms with van der Waals surface area (Å²) in [4.78, 5) is 3.01. The van der Waals surface area contributed by atoms with Crippen molar-refractivity contribution in [3.8, 4) is 0 Å². The molecule has 0 aromatic carbocycles. The van der Waals surface area contributed by atoms with Crippen LogP contribution in [0.25, 0.3) is 0 Å². The highest BCUT2D eigenvalue weighted by molar-refractivity contribution is 9.10. The van der Waals surface area contributed by atoms with E-state index in [-0.39, 0.29) is 6.04 Å². The zero-order chi connectivity index (χ0) is 14.8. The maximum absolute atomic E-state index is 4.52. The second kappa shape index (κ2) is 6.63. The second-order valence-corrected chi connectivity index (χ2v) is 7.65. The van der Waals surface area contributed by atoms with Gasteiger partial charge in [0.1, 0.15) is 0 Å². The van der Waals surface area contributed by atoms with Gasteiger partial charge in [-0.15, -0.1) is 11.3 Å². The average Bonchev–Trinajstić information content (AvgIpc) is 3.06. The first kappa shape index (κ1) is 15.3. The van der Waals surface area contributed by atoms with E-state index in [1.807, 2.05) is 24.6 Å². The van der Waals surface area contributed by atoms with Crippen LogP contribution >= 0.6 is 27.3 Å². The van der Waals surface area contributed by atoms with Crippen molar-refractivity contribution in [2.45, 2.75) is 51.6 Å². The Morgan fingerprint density at radius 2 is 2.24 bits per heavy atom. The van der Waals surface area contributed by atoms with E-state index in [0.29, 0.717) is 0 Å². The van der Waals surface area contributed by atoms with Crippen LogP contribution < -0.4 is 5.32 Å². The van der Waals surface area contributed by atoms with E-state index >= 15 is 0 Å². The van der Waals surface area contributed by atoms with Crippen LogP contribution in [-0.4, -0.2) is 16.8 Å². The fraction of sp³-hybridized carbons (Fsp3) is 0.562. The molecule has 1 unspecified atom stereocenters. The summed E-state index contributed by atoms with van der Waals surface area (Å²) in [7, 11) is 2.04. The lowest BCUT2D eigenvalue weighted by Gasteiger charge is -2.17. The van der Waals surface area contributed by atoms with E-state index in [9.17, 15) is 0 Å². The van der Waals surface area contributed by atoms with Crippen molar-refractivity contribution in [1.29, 1.82) is 0 Å². The summed E-state index contributed by atoms with van der Waals surface area (Å²) in [6.07, 6.45) is 8.20. The van der Waals surface area contributed by atoms with Gasteiger partial charge >= 0.3 is 0 Å². The molecule has 2 heterocycles. The van der Waals surface area contributed by atoms with E-state index in [1.165, 1.54) is 36.3 Å². The lowest BCUT2D eigenvalue weighted by Crippen LogP contribution is -2.21. The molecule has 1 atom stereocenters. The highest BCUT2D eigenvalue weighted by Gasteiger charge is 2.24. The minimum Gasteiger partial charge on any atom is -0.307 e. The Hall–Kier alpha value is -0.650. The van der Waals surface area contributed by atoms with E-state index in [1.54, 1.807) is 10.4 Å². The van der Waals surface area contributed by atoms with Gasteiger partial charge in [0, 0.05) is 16.3 Å². The molecule has 3 rings (SSSR count). The van der Waals surface area contributed by atoms with E-state index in [0.717, 1.165) is 17.4 Å². The molecule has 5 heteroatoms. The number of nitrogens with one attached hydrogen (secondary N) is 1. The molecular formula is C16H22BrN3S. The number of halogens is 1. The molecule has 0 spiro atoms. The van der Waals surface area contributed by atoms with Crippen molar-refractivity contribution < 1.29 is 0 Å². The van der Waals surface area contributed by atoms with Crippen LogP contribution in [0.4, 0.5) is 0 Å². The maximum Gasteiger partial charge on any atom is 0.0851 e. The Labute approximate surface area is 138 Å². The Morgan fingerprint density at radius 1 is 1.43 bits per heavy atom. The predicted octanol–water partition coefficient (Wildman–Crippen LogP) is 4.30. The van der Waals surface area contributed by atoms with Crippen molar-refractivity contribution >= 4 is 27.3 Å². The van der Waals surface area contributed by atoms with Crippen molar-refractivity contribution in [2.75, 3.05) is 7.05 Å². The Morgan fingerprint density at radius 3 is 2.95 bits per heavy atom. The van der Waals surface area contributed by atoms with Gasteiger partial charge < -0.3 is 5.32 Å². The first-order valence-electron chi connectivity index (χ1n) is 7.74. The summed E-state index contributed by atoms with van der Waals surface area (Å²) in [6, 6.07) is 2.64. The molecule has 3 nitrogen and oxygen atoms in total. The second-order valence-electron chi connectivity index (χ2n) is 5.63. The molecule has 0 bridgehead atoms. The molecule has 0 fully saturated rings. The standard InChI is InChI=1S/C16H22BrN3S/c1-3-8-20-16(12(17)10-19-20)15(18-2)14-9-11-6-4-5-7-13(11)21-14/h9-10,15,18H,3-8H2,1-2H3. The minimum atomic E-state index is 0.226. The molecule has 1 N–H and O–H groups in total. The summed E-state index contributed by atoms with van der Waals surface area (Å²) in [6.45, 7) is 3.15. The molecule has 21 heavy (non-hydrogen) atoms. The molecule has 0 saturated heterocycles. The third-order valence-electron chi connectivity index (χ3n) is 4.13. The third-order valence-corrected chi connectivity index (χ3v) is 6.04. The summed E-state index contributed by atoms with van der Waals surface area (Å²) in [5.41, 5.74) is 2.82. The molecule has 1 aliphatic rings. The Balaban J connectivity index is 1.98. The van der Waals surface area contributed by atoms with Crippen molar-refractivity contribution in [1.82, 2.24) is 15.1 Å². The van der Waals surface area contributed by atoms with E-state index in [2.05, 4.69) is 44.0 Å². The number of rotatable bonds is 5. The monoisotopic (exact) mass is 367 g/mol. The number of hydrogen-bond donors (Lipinski definition) is 1. The van der Waals surface area contributed by atoms with Gasteiger partial charge in [0.05, 0.1) is 22.4 Å². The third kappa shape index (κ3) is 2.96. The van der Waals surface area contributed by atoms with E-state index in [4.69, 9.17) is 0 Å². The van der Waals surface area contributed by atoms with Gasteiger partial charge in [-0.25, -0.2) is 0 Å². The molecule has 0 amide bonds. The fourth-order valence-corrected chi connectivity index (χ4v) is 5.02. The maximum atomic E-state index is 4.52. The van der Waals surface area contributed by atoms with Crippen LogP contribution in [0.1, 0.15) is 53.2 Å². The Kier molecular flexibility index (Phi) is 4.82. The zero-order valence-corrected chi connectivity index (χ0v) is 15.1. The summed E-state index contributed by atoms with van der Waals surface area (Å²) < 4.78 is 3.23. The number of fused-ring (bicyclic) bond motifs is 1. The van der Waals surface area contributed by atoms with Crippen LogP contribution in [0.3, 0.4) is 0 Å². The van der Waals surface area contributed by atoms with Crippen LogP contribution in [0.5, 0.6) is 0 Å². The van der Waals surface area contributed by atoms with Gasteiger partial charge in [0.25, 0.3) is 0 Å². The van der Waals surface area contributed by atoms with Crippen molar-refractivity contribution in [2.24, 2.45) is 0 Å². The molecule has 2 aromatic heterocycles. The average molecular weight is 368 g/mol. The number of aryl methyl sites for hydroxylation is 3.